The van der Waals surface area contributed by atoms with Crippen molar-refractivity contribution >= 4 is 28.2 Å². The van der Waals surface area contributed by atoms with Crippen molar-refractivity contribution in [2.75, 3.05) is 21.3 Å². The lowest BCUT2D eigenvalue weighted by atomic mass is 10.2. The van der Waals surface area contributed by atoms with E-state index < -0.39 is 17.1 Å². The van der Waals surface area contributed by atoms with E-state index in [1.807, 2.05) is 0 Å². The first-order valence-electron chi connectivity index (χ1n) is 8.77. The number of aromatic amines is 2. The van der Waals surface area contributed by atoms with Crippen molar-refractivity contribution in [1.82, 2.24) is 14.6 Å². The average Bonchev–Trinajstić information content (AvgIpc) is 3.10. The number of methoxy groups -OCH3 is 3. The van der Waals surface area contributed by atoms with Crippen LogP contribution in [-0.4, -0.2) is 42.2 Å². The highest BCUT2D eigenvalue weighted by Crippen LogP contribution is 2.37. The Morgan fingerprint density at radius 3 is 2.30 bits per heavy atom. The van der Waals surface area contributed by atoms with E-state index in [0.29, 0.717) is 38.4 Å². The average molecular weight is 412 g/mol. The van der Waals surface area contributed by atoms with Gasteiger partial charge < -0.3 is 24.2 Å². The highest BCUT2D eigenvalue weighted by Gasteiger charge is 2.14. The lowest BCUT2D eigenvalue weighted by Crippen LogP contribution is -2.32. The molecular formula is C20H17FN4O5. The molecule has 2 aromatic heterocycles. The predicted octanol–water partition coefficient (Wildman–Crippen LogP) is 2.22. The topological polar surface area (TPSA) is 111 Å². The molecule has 0 bridgehead atoms. The first-order valence-corrected chi connectivity index (χ1v) is 8.77. The molecule has 0 amide bonds. The second-order valence-electron chi connectivity index (χ2n) is 6.32. The standard InChI is InChI=1S/C20H17FN4O5/c1-28-14-6-10(7-15(29-2)18(14)30-3)9-22-25-19(26)17-16(24-20(25)27)12-8-11(21)4-5-13(12)23-17/h4-9,23H,1-3H3,(H,24,27). The monoisotopic (exact) mass is 412 g/mol. The van der Waals surface area contributed by atoms with Gasteiger partial charge in [0.1, 0.15) is 11.3 Å². The number of fused-ring (bicyclic) bond motifs is 3. The summed E-state index contributed by atoms with van der Waals surface area (Å²) in [5.74, 6) is 0.716. The minimum absolute atomic E-state index is 0.109. The van der Waals surface area contributed by atoms with Gasteiger partial charge in [-0.25, -0.2) is 9.18 Å². The molecule has 0 aliphatic heterocycles. The minimum atomic E-state index is -0.763. The number of nitrogens with zero attached hydrogens (tertiary/aromatic N) is 2. The molecule has 30 heavy (non-hydrogen) atoms. The lowest BCUT2D eigenvalue weighted by Gasteiger charge is -2.12. The SMILES string of the molecule is COc1cc(C=Nn2c(=O)[nH]c3c([nH]c4ccc(F)cc43)c2=O)cc(OC)c1OC. The summed E-state index contributed by atoms with van der Waals surface area (Å²) in [5.41, 5.74) is -0.0773. The fourth-order valence-corrected chi connectivity index (χ4v) is 3.22. The maximum atomic E-state index is 13.6. The second-order valence-corrected chi connectivity index (χ2v) is 6.32. The number of benzene rings is 2. The summed E-state index contributed by atoms with van der Waals surface area (Å²) >= 11 is 0. The molecule has 2 heterocycles. The van der Waals surface area contributed by atoms with Gasteiger partial charge in [0.05, 0.1) is 33.1 Å². The van der Waals surface area contributed by atoms with Crippen LogP contribution in [0, 0.1) is 5.82 Å². The zero-order valence-electron chi connectivity index (χ0n) is 16.3. The number of H-pyrrole nitrogens is 2. The van der Waals surface area contributed by atoms with Crippen molar-refractivity contribution in [1.29, 1.82) is 0 Å². The molecule has 2 N–H and O–H groups in total. The second kappa shape index (κ2) is 7.39. The minimum Gasteiger partial charge on any atom is -0.493 e. The highest BCUT2D eigenvalue weighted by atomic mass is 19.1. The maximum absolute atomic E-state index is 13.6. The van der Waals surface area contributed by atoms with Crippen LogP contribution in [0.4, 0.5) is 4.39 Å². The van der Waals surface area contributed by atoms with Gasteiger partial charge >= 0.3 is 11.2 Å². The van der Waals surface area contributed by atoms with Gasteiger partial charge in [0.25, 0.3) is 0 Å². The molecule has 4 rings (SSSR count). The fourth-order valence-electron chi connectivity index (χ4n) is 3.22. The Morgan fingerprint density at radius 2 is 1.67 bits per heavy atom. The Labute approximate surface area is 168 Å². The van der Waals surface area contributed by atoms with Gasteiger partial charge in [-0.15, -0.1) is 4.68 Å². The zero-order chi connectivity index (χ0) is 21.4. The quantitative estimate of drug-likeness (QED) is 0.489. The molecule has 0 aliphatic rings. The van der Waals surface area contributed by atoms with Crippen LogP contribution in [0.2, 0.25) is 0 Å². The molecule has 0 spiro atoms. The predicted molar refractivity (Wildman–Crippen MR) is 110 cm³/mol. The molecule has 9 nitrogen and oxygen atoms in total. The van der Waals surface area contributed by atoms with E-state index in [9.17, 15) is 14.0 Å². The molecule has 0 saturated carbocycles. The maximum Gasteiger partial charge on any atom is 0.350 e. The Kier molecular flexibility index (Phi) is 4.74. The van der Waals surface area contributed by atoms with Gasteiger partial charge in [-0.05, 0) is 30.3 Å². The smallest absolute Gasteiger partial charge is 0.350 e. The molecule has 0 unspecified atom stereocenters. The van der Waals surface area contributed by atoms with Crippen LogP contribution in [0.25, 0.3) is 21.9 Å². The van der Waals surface area contributed by atoms with Crippen molar-refractivity contribution in [3.05, 3.63) is 62.6 Å². The zero-order valence-corrected chi connectivity index (χ0v) is 16.3. The van der Waals surface area contributed by atoms with Gasteiger partial charge in [-0.1, -0.05) is 0 Å². The summed E-state index contributed by atoms with van der Waals surface area (Å²) in [5, 5.41) is 4.41. The van der Waals surface area contributed by atoms with Crippen LogP contribution >= 0.6 is 0 Å². The van der Waals surface area contributed by atoms with E-state index in [1.165, 1.54) is 45.7 Å². The third-order valence-electron chi connectivity index (χ3n) is 4.60. The van der Waals surface area contributed by atoms with Crippen molar-refractivity contribution in [3.8, 4) is 17.2 Å². The van der Waals surface area contributed by atoms with Crippen LogP contribution in [0.15, 0.2) is 45.0 Å². The first-order chi connectivity index (χ1) is 14.5. The Bertz CT molecular complexity index is 1390. The molecule has 0 fully saturated rings. The van der Waals surface area contributed by atoms with E-state index >= 15 is 0 Å². The molecule has 0 aliphatic carbocycles. The summed E-state index contributed by atoms with van der Waals surface area (Å²) in [6, 6.07) is 7.23. The molecule has 0 saturated heterocycles. The van der Waals surface area contributed by atoms with Gasteiger partial charge in [0.2, 0.25) is 5.75 Å². The molecular weight excluding hydrogens is 395 g/mol. The largest absolute Gasteiger partial charge is 0.493 e. The van der Waals surface area contributed by atoms with E-state index in [1.54, 1.807) is 12.1 Å². The third kappa shape index (κ3) is 3.08. The summed E-state index contributed by atoms with van der Waals surface area (Å²) in [4.78, 5) is 30.7. The number of aromatic nitrogens is 3. The fraction of sp³-hybridized carbons (Fsp3) is 0.150. The highest BCUT2D eigenvalue weighted by molar-refractivity contribution is 6.04. The van der Waals surface area contributed by atoms with Crippen LogP contribution in [-0.2, 0) is 0 Å². The normalized spacial score (nSPS) is 11.5. The number of hydrogen-bond donors (Lipinski definition) is 2. The summed E-state index contributed by atoms with van der Waals surface area (Å²) < 4.78 is 30.1. The molecule has 0 atom stereocenters. The molecule has 154 valence electrons. The van der Waals surface area contributed by atoms with Crippen molar-refractivity contribution in [2.45, 2.75) is 0 Å². The van der Waals surface area contributed by atoms with Gasteiger partial charge in [-0.2, -0.15) is 5.10 Å². The summed E-state index contributed by atoms with van der Waals surface area (Å²) in [6.07, 6.45) is 1.31. The van der Waals surface area contributed by atoms with Gasteiger partial charge in [0, 0.05) is 16.5 Å². The molecule has 0 radical (unpaired) electrons. The van der Waals surface area contributed by atoms with Crippen molar-refractivity contribution in [2.24, 2.45) is 5.10 Å². The van der Waals surface area contributed by atoms with Gasteiger partial charge in [0.15, 0.2) is 11.5 Å². The third-order valence-corrected chi connectivity index (χ3v) is 4.60. The molecule has 2 aromatic carbocycles. The van der Waals surface area contributed by atoms with E-state index in [2.05, 4.69) is 15.1 Å². The van der Waals surface area contributed by atoms with E-state index in [-0.39, 0.29) is 11.0 Å². The lowest BCUT2D eigenvalue weighted by molar-refractivity contribution is 0.324. The number of nitrogens with one attached hydrogen (secondary N) is 2. The van der Waals surface area contributed by atoms with Crippen LogP contribution in [0.5, 0.6) is 17.2 Å². The number of ether oxygens (including phenoxy) is 3. The van der Waals surface area contributed by atoms with Crippen LogP contribution in [0.3, 0.4) is 0 Å². The Morgan fingerprint density at radius 1 is 0.967 bits per heavy atom. The van der Waals surface area contributed by atoms with Crippen molar-refractivity contribution in [3.63, 3.8) is 0 Å². The molecule has 4 aromatic rings. The number of halogens is 1. The van der Waals surface area contributed by atoms with E-state index in [0.717, 1.165) is 0 Å². The number of rotatable bonds is 5. The van der Waals surface area contributed by atoms with E-state index in [4.69, 9.17) is 14.2 Å². The van der Waals surface area contributed by atoms with Gasteiger partial charge in [-0.3, -0.25) is 4.79 Å². The summed E-state index contributed by atoms with van der Waals surface area (Å²) in [7, 11) is 4.43. The Hall–Kier alpha value is -4.08. The molecule has 10 heteroatoms. The van der Waals surface area contributed by atoms with Crippen LogP contribution < -0.4 is 25.5 Å². The Balaban J connectivity index is 1.85. The van der Waals surface area contributed by atoms with Crippen molar-refractivity contribution < 1.29 is 18.6 Å². The van der Waals surface area contributed by atoms with Crippen LogP contribution in [0.1, 0.15) is 5.56 Å². The first kappa shape index (κ1) is 19.2. The number of hydrogen-bond acceptors (Lipinski definition) is 6. The summed E-state index contributed by atoms with van der Waals surface area (Å²) in [6.45, 7) is 0.